The van der Waals surface area contributed by atoms with Gasteiger partial charge in [0.15, 0.2) is 0 Å². The fourth-order valence-corrected chi connectivity index (χ4v) is 7.37. The molecule has 24 nitrogen and oxygen atoms in total. The molecule has 2 amide bonds. The molecule has 0 aromatic heterocycles. The minimum Gasteiger partial charge on any atom is -0.480 e. The van der Waals surface area contributed by atoms with Crippen LogP contribution in [-0.2, 0) is 47.7 Å². The second kappa shape index (κ2) is 35.3. The summed E-state index contributed by atoms with van der Waals surface area (Å²) in [5, 5.41) is 47.5. The van der Waals surface area contributed by atoms with Gasteiger partial charge in [0.05, 0.1) is 52.6 Å². The first-order chi connectivity index (χ1) is 32.6. The summed E-state index contributed by atoms with van der Waals surface area (Å²) >= 11 is 0. The molecule has 0 bridgehead atoms. The van der Waals surface area contributed by atoms with E-state index in [0.717, 1.165) is 0 Å². The molecule has 1 fully saturated rings. The summed E-state index contributed by atoms with van der Waals surface area (Å²) in [6.45, 7) is 9.25. The van der Waals surface area contributed by atoms with Gasteiger partial charge < -0.3 is 60.2 Å². The van der Waals surface area contributed by atoms with Crippen LogP contribution in [0, 0.1) is 0 Å². The van der Waals surface area contributed by atoms with Crippen LogP contribution < -0.4 is 26.8 Å². The third-order valence-corrected chi connectivity index (χ3v) is 11.0. The average Bonchev–Trinajstić information content (AvgIpc) is 3.28. The highest BCUT2D eigenvalue weighted by Gasteiger charge is 2.28. The van der Waals surface area contributed by atoms with Crippen molar-refractivity contribution in [2.75, 3.05) is 168 Å². The summed E-state index contributed by atoms with van der Waals surface area (Å²) in [5.41, 5.74) is -0.790. The molecule has 1 unspecified atom stereocenters. The maximum Gasteiger partial charge on any atom is 0.320 e. The van der Waals surface area contributed by atoms with Crippen molar-refractivity contribution in [2.45, 2.75) is 64.8 Å². The van der Waals surface area contributed by atoms with E-state index < -0.39 is 40.8 Å². The molecule has 0 saturated carbocycles. The highest BCUT2D eigenvalue weighted by atomic mass is 16.5. The predicted octanol–water partition coefficient (Wildman–Crippen LogP) is -1.18. The van der Waals surface area contributed by atoms with Crippen molar-refractivity contribution < 1.29 is 68.1 Å². The van der Waals surface area contributed by atoms with E-state index in [9.17, 15) is 58.8 Å². The number of carbonyl (C=O) groups is 6. The number of nitrogens with zero attached hydrogens (tertiary/aromatic N) is 5. The van der Waals surface area contributed by atoms with Crippen molar-refractivity contribution in [3.05, 3.63) is 20.4 Å². The van der Waals surface area contributed by atoms with E-state index in [4.69, 9.17) is 18.9 Å². The Hall–Kier alpha value is -4.82. The Bertz CT molecular complexity index is 1700. The van der Waals surface area contributed by atoms with Crippen LogP contribution in [0.3, 0.4) is 0 Å². The first-order valence-corrected chi connectivity index (χ1v) is 23.6. The highest BCUT2D eigenvalue weighted by Crippen LogP contribution is 2.16. The van der Waals surface area contributed by atoms with Crippen LogP contribution in [0.1, 0.15) is 58.8 Å². The number of amides is 2. The number of unbranched alkanes of at least 4 members (excludes halogenated alkanes) is 2. The summed E-state index contributed by atoms with van der Waals surface area (Å²) in [4.78, 5) is 104. The highest BCUT2D eigenvalue weighted by molar-refractivity contribution is 5.83. The minimum absolute atomic E-state index is 0.00600. The van der Waals surface area contributed by atoms with Gasteiger partial charge in [0.2, 0.25) is 11.8 Å². The molecule has 0 spiro atoms. The molecule has 1 aliphatic rings. The van der Waals surface area contributed by atoms with Crippen LogP contribution in [0.5, 0.6) is 0 Å². The molecular weight excluding hydrogens is 897 g/mol. The molecule has 388 valence electrons. The second-order valence-corrected chi connectivity index (χ2v) is 16.4. The largest absolute Gasteiger partial charge is 0.480 e. The van der Waals surface area contributed by atoms with Crippen molar-refractivity contribution in [3.8, 4) is 0 Å². The lowest BCUT2D eigenvalue weighted by Crippen LogP contribution is -2.51. The monoisotopic (exact) mass is 973 g/mol. The quantitative estimate of drug-likeness (QED) is 0.0305. The van der Waals surface area contributed by atoms with Gasteiger partial charge in [-0.15, -0.1) is 0 Å². The third kappa shape index (κ3) is 26.1. The van der Waals surface area contributed by atoms with Gasteiger partial charge in [-0.3, -0.25) is 58.0 Å². The fraction of sp³-hybridized carbons (Fsp3) is 0.773. The SMILES string of the molecule is CCOCCCN(CC(=O)NCCCOCCOCCOCCCNc1c(NCCCCCC(C(=O)O)N2CCN(CC(=O)O)CCN(CC(=O)O)CCN(CC(=O)O)CC2)c(=O)c1=O)C(C)=O. The van der Waals surface area contributed by atoms with E-state index in [2.05, 4.69) is 16.0 Å². The number of hydrogen-bond donors (Lipinski definition) is 7. The molecule has 68 heavy (non-hydrogen) atoms. The van der Waals surface area contributed by atoms with Gasteiger partial charge in [0.25, 0.3) is 10.9 Å². The van der Waals surface area contributed by atoms with Crippen molar-refractivity contribution in [1.29, 1.82) is 0 Å². The molecule has 1 aliphatic heterocycles. The van der Waals surface area contributed by atoms with Crippen molar-refractivity contribution in [1.82, 2.24) is 29.8 Å². The van der Waals surface area contributed by atoms with E-state index in [1.54, 1.807) is 19.6 Å². The summed E-state index contributed by atoms with van der Waals surface area (Å²) < 4.78 is 21.9. The smallest absolute Gasteiger partial charge is 0.320 e. The van der Waals surface area contributed by atoms with Gasteiger partial charge in [-0.2, -0.15) is 0 Å². The Kier molecular flexibility index (Phi) is 30.8. The average molecular weight is 973 g/mol. The topological polar surface area (TPSA) is 307 Å². The van der Waals surface area contributed by atoms with Crippen LogP contribution in [0.25, 0.3) is 0 Å². The number of carbonyl (C=O) groups excluding carboxylic acids is 2. The first kappa shape index (κ1) is 59.3. The van der Waals surface area contributed by atoms with Gasteiger partial charge in [-0.05, 0) is 39.0 Å². The van der Waals surface area contributed by atoms with E-state index in [-0.39, 0.29) is 108 Å². The molecule has 1 heterocycles. The number of aliphatic carboxylic acids is 4. The number of carboxylic acids is 4. The van der Waals surface area contributed by atoms with Crippen molar-refractivity contribution in [2.24, 2.45) is 0 Å². The second-order valence-electron chi connectivity index (χ2n) is 16.4. The van der Waals surface area contributed by atoms with Crippen molar-refractivity contribution in [3.63, 3.8) is 0 Å². The number of rotatable bonds is 37. The van der Waals surface area contributed by atoms with Crippen LogP contribution in [0.4, 0.5) is 11.4 Å². The number of hydrogen-bond acceptors (Lipinski definition) is 18. The molecule has 0 radical (unpaired) electrons. The van der Waals surface area contributed by atoms with Gasteiger partial charge in [-0.25, -0.2) is 0 Å². The zero-order chi connectivity index (χ0) is 50.1. The van der Waals surface area contributed by atoms with Gasteiger partial charge >= 0.3 is 23.9 Å². The number of ether oxygens (including phenoxy) is 4. The molecule has 0 aliphatic carbocycles. The molecule has 1 aromatic rings. The summed E-state index contributed by atoms with van der Waals surface area (Å²) in [7, 11) is 0. The Morgan fingerprint density at radius 3 is 1.47 bits per heavy atom. The van der Waals surface area contributed by atoms with E-state index in [1.165, 1.54) is 11.8 Å². The van der Waals surface area contributed by atoms with E-state index in [1.807, 2.05) is 6.92 Å². The Labute approximate surface area is 397 Å². The lowest BCUT2D eigenvalue weighted by atomic mass is 10.1. The Morgan fingerprint density at radius 2 is 1.01 bits per heavy atom. The number of nitrogens with one attached hydrogen (secondary N) is 3. The molecule has 2 rings (SSSR count). The lowest BCUT2D eigenvalue weighted by Gasteiger charge is -2.35. The number of carboxylic acid groups (broad SMARTS) is 4. The minimum atomic E-state index is -1.07. The molecule has 1 atom stereocenters. The summed E-state index contributed by atoms with van der Waals surface area (Å²) in [6, 6.07) is -0.931. The maximum atomic E-state index is 12.6. The molecular formula is C44H76N8O16. The van der Waals surface area contributed by atoms with Gasteiger partial charge in [-0.1, -0.05) is 12.8 Å². The summed E-state index contributed by atoms with van der Waals surface area (Å²) in [6.07, 6.45) is 3.81. The van der Waals surface area contributed by atoms with Crippen LogP contribution >= 0.6 is 0 Å². The standard InChI is InChI=1S/C44H76N8O16/c1-3-65-25-9-14-52(34(2)53)30-36(54)45-12-7-23-66-26-28-68-29-27-67-24-8-13-47-41-40(42(61)43(41)62)46-11-6-4-5-10-35(44(63)64)51-21-19-49(32-38(57)58)17-15-48(31-37(55)56)16-18-50(20-22-51)33-39(59)60/h35,46-47H,3-33H2,1-2H3,(H,45,54)(H,55,56)(H,57,58)(H,59,60)(H,63,64). The predicted molar refractivity (Wildman–Crippen MR) is 250 cm³/mol. The molecule has 24 heteroatoms. The van der Waals surface area contributed by atoms with Crippen LogP contribution in [0.15, 0.2) is 9.59 Å². The van der Waals surface area contributed by atoms with Gasteiger partial charge in [0.1, 0.15) is 17.4 Å². The number of anilines is 2. The zero-order valence-electron chi connectivity index (χ0n) is 39.9. The Balaban J connectivity index is 1.65. The zero-order valence-corrected chi connectivity index (χ0v) is 39.9. The first-order valence-electron chi connectivity index (χ1n) is 23.6. The van der Waals surface area contributed by atoms with E-state index >= 15 is 0 Å². The maximum absolute atomic E-state index is 12.6. The molecule has 1 saturated heterocycles. The molecule has 7 N–H and O–H groups in total. The van der Waals surface area contributed by atoms with Crippen LogP contribution in [0.2, 0.25) is 0 Å². The lowest BCUT2D eigenvalue weighted by molar-refractivity contribution is -0.145. The van der Waals surface area contributed by atoms with E-state index in [0.29, 0.717) is 118 Å². The third-order valence-electron chi connectivity index (χ3n) is 11.0. The normalized spacial score (nSPS) is 15.3. The molecule has 1 aromatic carbocycles. The Morgan fingerprint density at radius 1 is 0.574 bits per heavy atom. The van der Waals surface area contributed by atoms with Crippen LogP contribution in [-0.4, -0.2) is 244 Å². The van der Waals surface area contributed by atoms with Crippen molar-refractivity contribution >= 4 is 47.1 Å². The fourth-order valence-electron chi connectivity index (χ4n) is 7.37. The summed E-state index contributed by atoms with van der Waals surface area (Å²) in [5.74, 6) is -4.66. The van der Waals surface area contributed by atoms with Gasteiger partial charge in [0, 0.05) is 112 Å².